The predicted molar refractivity (Wildman–Crippen MR) is 132 cm³/mol. The largest absolute Gasteiger partial charge is 0.465 e. The molecule has 0 aliphatic heterocycles. The van der Waals surface area contributed by atoms with Crippen LogP contribution in [0, 0.1) is 53.3 Å². The number of hydrogen-bond acceptors (Lipinski definition) is 2. The highest BCUT2D eigenvalue weighted by Gasteiger charge is 2.62. The summed E-state index contributed by atoms with van der Waals surface area (Å²) in [6, 6.07) is 8.95. The van der Waals surface area contributed by atoms with Gasteiger partial charge < -0.3 is 9.47 Å². The van der Waals surface area contributed by atoms with E-state index in [1.807, 2.05) is 0 Å². The van der Waals surface area contributed by atoms with Crippen LogP contribution < -0.4 is 4.74 Å². The highest BCUT2D eigenvalue weighted by molar-refractivity contribution is 5.29. The monoisotopic (exact) mass is 448 g/mol. The molecule has 180 valence electrons. The van der Waals surface area contributed by atoms with Gasteiger partial charge in [0.05, 0.1) is 6.10 Å². The molecular formula is C31H44O2. The average Bonchev–Trinajstić information content (AvgIpc) is 3.66. The summed E-state index contributed by atoms with van der Waals surface area (Å²) in [6.07, 6.45) is 15.9. The fourth-order valence-electron chi connectivity index (χ4n) is 10.2. The topological polar surface area (TPSA) is 18.5 Å². The van der Waals surface area contributed by atoms with Crippen molar-refractivity contribution in [3.8, 4) is 5.75 Å². The molecule has 6 aliphatic rings. The van der Waals surface area contributed by atoms with Gasteiger partial charge in [-0.25, -0.2) is 0 Å². The molecule has 33 heavy (non-hydrogen) atoms. The molecule has 1 aromatic rings. The summed E-state index contributed by atoms with van der Waals surface area (Å²) in [5.41, 5.74) is 1.42. The van der Waals surface area contributed by atoms with Crippen LogP contribution in [0.25, 0.3) is 0 Å². The Kier molecular flexibility index (Phi) is 5.34. The summed E-state index contributed by atoms with van der Waals surface area (Å²) in [7, 11) is 0. The Morgan fingerprint density at radius 1 is 0.818 bits per heavy atom. The summed E-state index contributed by atoms with van der Waals surface area (Å²) >= 11 is 0. The number of fused-ring (bicyclic) bond motifs is 11. The zero-order valence-electron chi connectivity index (χ0n) is 20.8. The molecule has 6 bridgehead atoms. The molecule has 0 amide bonds. The van der Waals surface area contributed by atoms with E-state index in [0.29, 0.717) is 12.0 Å². The van der Waals surface area contributed by atoms with Crippen molar-refractivity contribution in [2.24, 2.45) is 53.3 Å². The van der Waals surface area contributed by atoms with Gasteiger partial charge in [-0.3, -0.25) is 0 Å². The molecule has 6 aliphatic carbocycles. The molecule has 2 heteroatoms. The molecule has 1 aromatic carbocycles. The molecule has 0 N–H and O–H groups in total. The van der Waals surface area contributed by atoms with Gasteiger partial charge in [0, 0.05) is 6.42 Å². The summed E-state index contributed by atoms with van der Waals surface area (Å²) < 4.78 is 13.7. The number of benzene rings is 1. The van der Waals surface area contributed by atoms with E-state index in [9.17, 15) is 0 Å². The van der Waals surface area contributed by atoms with Crippen molar-refractivity contribution in [3.05, 3.63) is 29.8 Å². The van der Waals surface area contributed by atoms with Gasteiger partial charge in [0.2, 0.25) is 0 Å². The zero-order chi connectivity index (χ0) is 22.1. The maximum Gasteiger partial charge on any atom is 0.200 e. The molecule has 12 unspecified atom stereocenters. The first-order valence-corrected chi connectivity index (χ1v) is 14.6. The van der Waals surface area contributed by atoms with Crippen molar-refractivity contribution in [1.82, 2.24) is 0 Å². The third-order valence-electron chi connectivity index (χ3n) is 11.7. The lowest BCUT2D eigenvalue weighted by Gasteiger charge is -2.40. The van der Waals surface area contributed by atoms with Gasteiger partial charge in [-0.1, -0.05) is 32.4 Å². The van der Waals surface area contributed by atoms with Crippen LogP contribution in [0.5, 0.6) is 5.75 Å². The Bertz CT molecular complexity index is 847. The van der Waals surface area contributed by atoms with Crippen LogP contribution >= 0.6 is 0 Å². The Balaban J connectivity index is 1.07. The fourth-order valence-corrected chi connectivity index (χ4v) is 10.2. The van der Waals surface area contributed by atoms with Gasteiger partial charge in [-0.05, 0) is 135 Å². The molecule has 2 nitrogen and oxygen atoms in total. The SMILES string of the molecule is CCC(C)c1ccc(OC(CC2CC3CCC2C3)OC2CC3CC2C2C4CCC(C4)C32)cc1. The predicted octanol–water partition coefficient (Wildman–Crippen LogP) is 7.82. The van der Waals surface area contributed by atoms with Gasteiger partial charge in [0.1, 0.15) is 5.75 Å². The van der Waals surface area contributed by atoms with E-state index in [-0.39, 0.29) is 6.29 Å². The van der Waals surface area contributed by atoms with Crippen LogP contribution in [0.2, 0.25) is 0 Å². The minimum Gasteiger partial charge on any atom is -0.465 e. The summed E-state index contributed by atoms with van der Waals surface area (Å²) in [6.45, 7) is 4.58. The first-order chi connectivity index (χ1) is 16.2. The van der Waals surface area contributed by atoms with Crippen LogP contribution in [-0.4, -0.2) is 12.4 Å². The van der Waals surface area contributed by atoms with E-state index in [1.165, 1.54) is 63.4 Å². The molecule has 6 saturated carbocycles. The van der Waals surface area contributed by atoms with Crippen LogP contribution in [0.15, 0.2) is 24.3 Å². The smallest absolute Gasteiger partial charge is 0.200 e. The van der Waals surface area contributed by atoms with E-state index < -0.39 is 0 Å². The van der Waals surface area contributed by atoms with Gasteiger partial charge in [0.15, 0.2) is 6.29 Å². The molecular weight excluding hydrogens is 404 g/mol. The molecule has 0 radical (unpaired) electrons. The number of hydrogen-bond donors (Lipinski definition) is 0. The van der Waals surface area contributed by atoms with Crippen molar-refractivity contribution in [3.63, 3.8) is 0 Å². The quantitative estimate of drug-likeness (QED) is 0.298. The molecule has 0 saturated heterocycles. The van der Waals surface area contributed by atoms with E-state index in [4.69, 9.17) is 9.47 Å². The van der Waals surface area contributed by atoms with Crippen molar-refractivity contribution in [1.29, 1.82) is 0 Å². The first-order valence-electron chi connectivity index (χ1n) is 14.6. The second-order valence-electron chi connectivity index (χ2n) is 13.2. The Morgan fingerprint density at radius 2 is 1.61 bits per heavy atom. The number of rotatable bonds is 8. The second kappa shape index (κ2) is 8.28. The Morgan fingerprint density at radius 3 is 2.33 bits per heavy atom. The highest BCUT2D eigenvalue weighted by Crippen LogP contribution is 2.68. The molecule has 12 atom stereocenters. The molecule has 0 spiro atoms. The van der Waals surface area contributed by atoms with E-state index in [2.05, 4.69) is 38.1 Å². The minimum atomic E-state index is -0.0508. The fraction of sp³-hybridized carbons (Fsp3) is 0.806. The third kappa shape index (κ3) is 3.60. The van der Waals surface area contributed by atoms with Crippen molar-refractivity contribution in [2.75, 3.05) is 0 Å². The lowest BCUT2D eigenvalue weighted by Crippen LogP contribution is -2.40. The van der Waals surface area contributed by atoms with Crippen molar-refractivity contribution in [2.45, 2.75) is 103 Å². The van der Waals surface area contributed by atoms with Crippen LogP contribution in [-0.2, 0) is 4.74 Å². The maximum absolute atomic E-state index is 7.01. The van der Waals surface area contributed by atoms with Gasteiger partial charge in [-0.2, -0.15) is 0 Å². The van der Waals surface area contributed by atoms with E-state index in [1.54, 1.807) is 6.42 Å². The van der Waals surface area contributed by atoms with Crippen LogP contribution in [0.1, 0.15) is 96.0 Å². The molecule has 0 aromatic heterocycles. The summed E-state index contributed by atoms with van der Waals surface area (Å²) in [5.74, 6) is 10.3. The van der Waals surface area contributed by atoms with Crippen molar-refractivity contribution < 1.29 is 9.47 Å². The molecule has 7 rings (SSSR count). The van der Waals surface area contributed by atoms with E-state index in [0.717, 1.165) is 65.4 Å². The van der Waals surface area contributed by atoms with Gasteiger partial charge in [-0.15, -0.1) is 0 Å². The first kappa shape index (κ1) is 21.3. The maximum atomic E-state index is 7.01. The van der Waals surface area contributed by atoms with Crippen molar-refractivity contribution >= 4 is 0 Å². The van der Waals surface area contributed by atoms with Gasteiger partial charge >= 0.3 is 0 Å². The molecule has 0 heterocycles. The van der Waals surface area contributed by atoms with E-state index >= 15 is 0 Å². The third-order valence-corrected chi connectivity index (χ3v) is 11.7. The van der Waals surface area contributed by atoms with Crippen LogP contribution in [0.3, 0.4) is 0 Å². The lowest BCUT2D eigenvalue weighted by atomic mass is 9.70. The lowest BCUT2D eigenvalue weighted by molar-refractivity contribution is -0.157. The van der Waals surface area contributed by atoms with Crippen LogP contribution in [0.4, 0.5) is 0 Å². The Hall–Kier alpha value is -1.02. The average molecular weight is 449 g/mol. The zero-order valence-corrected chi connectivity index (χ0v) is 20.8. The standard InChI is InChI=1S/C31H44O2/c1-3-18(2)20-8-10-26(11-9-20)32-29(17-24-13-19-4-5-21(24)12-19)33-28-16-25-15-27(28)31-23-7-6-22(14-23)30(25)31/h8-11,18-19,21-25,27-31H,3-7,12-17H2,1-2H3. The normalized spacial score (nSPS) is 46.1. The summed E-state index contributed by atoms with van der Waals surface area (Å²) in [5, 5.41) is 0. The Labute approximate surface area is 201 Å². The summed E-state index contributed by atoms with van der Waals surface area (Å²) in [4.78, 5) is 0. The highest BCUT2D eigenvalue weighted by atomic mass is 16.7. The molecule has 6 fully saturated rings. The second-order valence-corrected chi connectivity index (χ2v) is 13.2. The number of ether oxygens (including phenoxy) is 2. The minimum absolute atomic E-state index is 0.0508. The van der Waals surface area contributed by atoms with Gasteiger partial charge in [0.25, 0.3) is 0 Å².